The summed E-state index contributed by atoms with van der Waals surface area (Å²) in [6, 6.07) is 5.52. The molecule has 1 fully saturated rings. The van der Waals surface area contributed by atoms with Gasteiger partial charge in [-0.25, -0.2) is 0 Å². The van der Waals surface area contributed by atoms with Crippen LogP contribution in [0.4, 0.5) is 0 Å². The molecule has 0 spiro atoms. The lowest BCUT2D eigenvalue weighted by molar-refractivity contribution is 0.0918. The highest BCUT2D eigenvalue weighted by molar-refractivity contribution is 9.10. The molecule has 1 N–H and O–H groups in total. The molecular formula is C11H12BrClO2. The van der Waals surface area contributed by atoms with Gasteiger partial charge in [-0.3, -0.25) is 0 Å². The van der Waals surface area contributed by atoms with Gasteiger partial charge >= 0.3 is 0 Å². The van der Waals surface area contributed by atoms with Crippen LogP contribution in [0, 0.1) is 5.92 Å². The maximum atomic E-state index is 10.1. The lowest BCUT2D eigenvalue weighted by Crippen LogP contribution is -2.12. The zero-order valence-corrected chi connectivity index (χ0v) is 10.5. The van der Waals surface area contributed by atoms with Crippen molar-refractivity contribution in [2.24, 2.45) is 5.92 Å². The third-order valence-corrected chi connectivity index (χ3v) is 3.53. The lowest BCUT2D eigenvalue weighted by atomic mass is 9.95. The summed E-state index contributed by atoms with van der Waals surface area (Å²) in [7, 11) is 0. The topological polar surface area (TPSA) is 29.5 Å². The zero-order valence-electron chi connectivity index (χ0n) is 8.12. The fourth-order valence-electron chi connectivity index (χ4n) is 1.80. The van der Waals surface area contributed by atoms with Crippen LogP contribution in [-0.2, 0) is 4.74 Å². The molecule has 0 bridgehead atoms. The molecule has 0 aromatic heterocycles. The molecule has 0 aliphatic carbocycles. The van der Waals surface area contributed by atoms with Crippen molar-refractivity contribution in [3.63, 3.8) is 0 Å². The average Bonchev–Trinajstić information content (AvgIpc) is 2.74. The number of rotatable bonds is 2. The van der Waals surface area contributed by atoms with Gasteiger partial charge in [-0.1, -0.05) is 27.5 Å². The quantitative estimate of drug-likeness (QED) is 0.907. The van der Waals surface area contributed by atoms with E-state index in [1.807, 2.05) is 12.1 Å². The highest BCUT2D eigenvalue weighted by atomic mass is 79.9. The highest BCUT2D eigenvalue weighted by Gasteiger charge is 2.26. The molecule has 1 heterocycles. The normalized spacial score (nSPS) is 23.0. The number of benzene rings is 1. The lowest BCUT2D eigenvalue weighted by Gasteiger charge is -2.18. The van der Waals surface area contributed by atoms with Crippen molar-refractivity contribution in [2.75, 3.05) is 13.2 Å². The first-order valence-corrected chi connectivity index (χ1v) is 6.06. The Morgan fingerprint density at radius 2 is 2.33 bits per heavy atom. The Bertz CT molecular complexity index is 350. The second-order valence-corrected chi connectivity index (χ2v) is 5.06. The van der Waals surface area contributed by atoms with E-state index in [1.54, 1.807) is 6.07 Å². The van der Waals surface area contributed by atoms with Gasteiger partial charge in [-0.2, -0.15) is 0 Å². The fraction of sp³-hybridized carbons (Fsp3) is 0.455. The molecule has 15 heavy (non-hydrogen) atoms. The van der Waals surface area contributed by atoms with Gasteiger partial charge in [-0.05, 0) is 24.6 Å². The Kier molecular flexibility index (Phi) is 3.67. The smallest absolute Gasteiger partial charge is 0.0855 e. The van der Waals surface area contributed by atoms with Gasteiger partial charge in [0.05, 0.1) is 12.7 Å². The van der Waals surface area contributed by atoms with E-state index < -0.39 is 6.10 Å². The van der Waals surface area contributed by atoms with Crippen molar-refractivity contribution in [3.05, 3.63) is 33.3 Å². The minimum atomic E-state index is -0.530. The molecule has 0 radical (unpaired) electrons. The van der Waals surface area contributed by atoms with E-state index in [9.17, 15) is 5.11 Å². The molecule has 1 aromatic rings. The van der Waals surface area contributed by atoms with Crippen molar-refractivity contribution in [3.8, 4) is 0 Å². The van der Waals surface area contributed by atoms with Gasteiger partial charge in [0, 0.05) is 27.6 Å². The van der Waals surface area contributed by atoms with Crippen LogP contribution in [0.2, 0.25) is 5.02 Å². The molecule has 0 amide bonds. The Morgan fingerprint density at radius 1 is 1.53 bits per heavy atom. The molecule has 1 aliphatic heterocycles. The Morgan fingerprint density at radius 3 is 3.00 bits per heavy atom. The first kappa shape index (κ1) is 11.4. The molecule has 4 heteroatoms. The number of hydrogen-bond donors (Lipinski definition) is 1. The van der Waals surface area contributed by atoms with Crippen LogP contribution in [0.3, 0.4) is 0 Å². The molecule has 2 unspecified atom stereocenters. The van der Waals surface area contributed by atoms with E-state index in [1.165, 1.54) is 0 Å². The average molecular weight is 292 g/mol. The fourth-order valence-corrected chi connectivity index (χ4v) is 2.41. The van der Waals surface area contributed by atoms with Crippen LogP contribution in [0.15, 0.2) is 22.7 Å². The Balaban J connectivity index is 2.23. The van der Waals surface area contributed by atoms with E-state index in [0.29, 0.717) is 11.6 Å². The summed E-state index contributed by atoms with van der Waals surface area (Å²) in [5, 5.41) is 10.7. The molecule has 2 rings (SSSR count). The van der Waals surface area contributed by atoms with Crippen LogP contribution >= 0.6 is 27.5 Å². The van der Waals surface area contributed by atoms with Gasteiger partial charge in [0.15, 0.2) is 0 Å². The van der Waals surface area contributed by atoms with Gasteiger partial charge in [0.1, 0.15) is 0 Å². The number of ether oxygens (including phenoxy) is 1. The number of halogens is 2. The van der Waals surface area contributed by atoms with Crippen molar-refractivity contribution in [2.45, 2.75) is 12.5 Å². The Labute approximate surface area is 102 Å². The van der Waals surface area contributed by atoms with E-state index in [2.05, 4.69) is 15.9 Å². The summed E-state index contributed by atoms with van der Waals surface area (Å²) in [4.78, 5) is 0. The van der Waals surface area contributed by atoms with E-state index in [0.717, 1.165) is 23.1 Å². The van der Waals surface area contributed by atoms with Crippen molar-refractivity contribution in [1.29, 1.82) is 0 Å². The maximum Gasteiger partial charge on any atom is 0.0855 e. The SMILES string of the molecule is OC(c1cc(Br)ccc1Cl)C1CCOC1. The molecule has 2 atom stereocenters. The second-order valence-electron chi connectivity index (χ2n) is 3.73. The van der Waals surface area contributed by atoms with Crippen molar-refractivity contribution >= 4 is 27.5 Å². The summed E-state index contributed by atoms with van der Waals surface area (Å²) in [6.45, 7) is 1.34. The maximum absolute atomic E-state index is 10.1. The second kappa shape index (κ2) is 4.83. The van der Waals surface area contributed by atoms with E-state index in [-0.39, 0.29) is 5.92 Å². The summed E-state index contributed by atoms with van der Waals surface area (Å²) in [6.07, 6.45) is 0.363. The molecule has 1 aromatic carbocycles. The van der Waals surface area contributed by atoms with Gasteiger partial charge < -0.3 is 9.84 Å². The predicted octanol–water partition coefficient (Wildman–Crippen LogP) is 3.17. The minimum Gasteiger partial charge on any atom is -0.388 e. The standard InChI is InChI=1S/C11H12BrClO2/c12-8-1-2-10(13)9(5-8)11(14)7-3-4-15-6-7/h1-2,5,7,11,14H,3-4,6H2. The van der Waals surface area contributed by atoms with E-state index >= 15 is 0 Å². The molecule has 2 nitrogen and oxygen atoms in total. The summed E-state index contributed by atoms with van der Waals surface area (Å²) in [5.41, 5.74) is 0.779. The molecule has 82 valence electrons. The van der Waals surface area contributed by atoms with Gasteiger partial charge in [0.2, 0.25) is 0 Å². The first-order chi connectivity index (χ1) is 7.18. The highest BCUT2D eigenvalue weighted by Crippen LogP contribution is 2.34. The van der Waals surface area contributed by atoms with Crippen LogP contribution < -0.4 is 0 Å². The third-order valence-electron chi connectivity index (χ3n) is 2.69. The zero-order chi connectivity index (χ0) is 10.8. The molecule has 1 aliphatic rings. The minimum absolute atomic E-state index is 0.164. The van der Waals surface area contributed by atoms with Gasteiger partial charge in [0.25, 0.3) is 0 Å². The van der Waals surface area contributed by atoms with Crippen LogP contribution in [0.25, 0.3) is 0 Å². The summed E-state index contributed by atoms with van der Waals surface area (Å²) >= 11 is 9.42. The van der Waals surface area contributed by atoms with Crippen LogP contribution in [0.5, 0.6) is 0 Å². The number of aliphatic hydroxyl groups excluding tert-OH is 1. The van der Waals surface area contributed by atoms with E-state index in [4.69, 9.17) is 16.3 Å². The Hall–Kier alpha value is -0.0900. The van der Waals surface area contributed by atoms with Crippen LogP contribution in [-0.4, -0.2) is 18.3 Å². The molecule has 0 saturated carbocycles. The molecular weight excluding hydrogens is 279 g/mol. The van der Waals surface area contributed by atoms with Crippen LogP contribution in [0.1, 0.15) is 18.1 Å². The number of aliphatic hydroxyl groups is 1. The number of hydrogen-bond acceptors (Lipinski definition) is 2. The van der Waals surface area contributed by atoms with Crippen molar-refractivity contribution in [1.82, 2.24) is 0 Å². The predicted molar refractivity (Wildman–Crippen MR) is 63.0 cm³/mol. The van der Waals surface area contributed by atoms with Crippen molar-refractivity contribution < 1.29 is 9.84 Å². The first-order valence-electron chi connectivity index (χ1n) is 4.89. The summed E-state index contributed by atoms with van der Waals surface area (Å²) in [5.74, 6) is 0.164. The largest absolute Gasteiger partial charge is 0.388 e. The molecule has 1 saturated heterocycles. The summed E-state index contributed by atoms with van der Waals surface area (Å²) < 4.78 is 6.19. The van der Waals surface area contributed by atoms with Gasteiger partial charge in [-0.15, -0.1) is 0 Å². The third kappa shape index (κ3) is 2.53. The monoisotopic (exact) mass is 290 g/mol.